The molecule has 0 bridgehead atoms. The minimum absolute atomic E-state index is 0.0136. The topological polar surface area (TPSA) is 57.6 Å². The number of nitrogens with zero attached hydrogens (tertiary/aromatic N) is 1. The van der Waals surface area contributed by atoms with Crippen LogP contribution in [0.2, 0.25) is 0 Å². The van der Waals surface area contributed by atoms with Gasteiger partial charge >= 0.3 is 5.97 Å². The SMILES string of the molecule is Cc1c(F)cccc1C(=O)N(C)CCCC(=O)O. The molecule has 1 amide bonds. The van der Waals surface area contributed by atoms with Crippen molar-refractivity contribution in [1.82, 2.24) is 4.90 Å². The minimum atomic E-state index is -0.891. The van der Waals surface area contributed by atoms with Crippen molar-refractivity contribution < 1.29 is 19.1 Å². The summed E-state index contributed by atoms with van der Waals surface area (Å²) in [6, 6.07) is 4.35. The summed E-state index contributed by atoms with van der Waals surface area (Å²) in [4.78, 5) is 23.8. The van der Waals surface area contributed by atoms with Gasteiger partial charge in [0, 0.05) is 25.6 Å². The van der Waals surface area contributed by atoms with Crippen molar-refractivity contribution in [3.8, 4) is 0 Å². The number of halogens is 1. The standard InChI is InChI=1S/C13H16FNO3/c1-9-10(5-3-6-11(9)14)13(18)15(2)8-4-7-12(16)17/h3,5-6H,4,7-8H2,1-2H3,(H,16,17). The highest BCUT2D eigenvalue weighted by atomic mass is 19.1. The van der Waals surface area contributed by atoms with E-state index in [1.807, 2.05) is 0 Å². The number of rotatable bonds is 5. The molecule has 4 nitrogen and oxygen atoms in total. The molecule has 0 heterocycles. The average Bonchev–Trinajstić information content (AvgIpc) is 2.31. The fraction of sp³-hybridized carbons (Fsp3) is 0.385. The molecule has 0 fully saturated rings. The maximum Gasteiger partial charge on any atom is 0.303 e. The summed E-state index contributed by atoms with van der Waals surface area (Å²) in [5, 5.41) is 8.51. The molecule has 18 heavy (non-hydrogen) atoms. The number of benzene rings is 1. The molecule has 0 aliphatic carbocycles. The van der Waals surface area contributed by atoms with Crippen LogP contribution in [-0.2, 0) is 4.79 Å². The minimum Gasteiger partial charge on any atom is -0.481 e. The van der Waals surface area contributed by atoms with E-state index in [9.17, 15) is 14.0 Å². The first-order valence-electron chi connectivity index (χ1n) is 5.66. The Labute approximate surface area is 105 Å². The molecule has 0 radical (unpaired) electrons. The van der Waals surface area contributed by atoms with E-state index in [1.54, 1.807) is 20.0 Å². The van der Waals surface area contributed by atoms with Crippen LogP contribution in [0.1, 0.15) is 28.8 Å². The Bertz CT molecular complexity index is 460. The highest BCUT2D eigenvalue weighted by molar-refractivity contribution is 5.95. The Kier molecular flexibility index (Phi) is 4.83. The lowest BCUT2D eigenvalue weighted by molar-refractivity contribution is -0.137. The highest BCUT2D eigenvalue weighted by Crippen LogP contribution is 2.14. The van der Waals surface area contributed by atoms with Crippen molar-refractivity contribution in [2.45, 2.75) is 19.8 Å². The van der Waals surface area contributed by atoms with Gasteiger partial charge in [-0.05, 0) is 31.0 Å². The molecular formula is C13H16FNO3. The van der Waals surface area contributed by atoms with Gasteiger partial charge in [0.05, 0.1) is 0 Å². The second kappa shape index (κ2) is 6.14. The van der Waals surface area contributed by atoms with Crippen molar-refractivity contribution >= 4 is 11.9 Å². The predicted octanol–water partition coefficient (Wildman–Crippen LogP) is 2.07. The third kappa shape index (κ3) is 3.55. The number of carbonyl (C=O) groups excluding carboxylic acids is 1. The summed E-state index contributed by atoms with van der Waals surface area (Å²) < 4.78 is 13.3. The van der Waals surface area contributed by atoms with Gasteiger partial charge in [0.15, 0.2) is 0 Å². The summed E-state index contributed by atoms with van der Waals surface area (Å²) in [6.45, 7) is 1.88. The Morgan fingerprint density at radius 1 is 1.39 bits per heavy atom. The molecule has 0 aliphatic rings. The van der Waals surface area contributed by atoms with E-state index in [0.29, 0.717) is 24.1 Å². The maximum absolute atomic E-state index is 13.3. The van der Waals surface area contributed by atoms with Crippen LogP contribution in [0.15, 0.2) is 18.2 Å². The van der Waals surface area contributed by atoms with E-state index in [1.165, 1.54) is 17.0 Å². The van der Waals surface area contributed by atoms with Gasteiger partial charge in [-0.3, -0.25) is 9.59 Å². The Balaban J connectivity index is 2.69. The molecule has 5 heteroatoms. The van der Waals surface area contributed by atoms with E-state index in [-0.39, 0.29) is 12.3 Å². The van der Waals surface area contributed by atoms with Crippen LogP contribution in [0.4, 0.5) is 4.39 Å². The molecule has 98 valence electrons. The van der Waals surface area contributed by atoms with E-state index in [2.05, 4.69) is 0 Å². The normalized spacial score (nSPS) is 10.2. The van der Waals surface area contributed by atoms with Crippen LogP contribution >= 0.6 is 0 Å². The third-order valence-electron chi connectivity index (χ3n) is 2.73. The molecule has 0 atom stereocenters. The monoisotopic (exact) mass is 253 g/mol. The first kappa shape index (κ1) is 14.2. The quantitative estimate of drug-likeness (QED) is 0.874. The van der Waals surface area contributed by atoms with Crippen LogP contribution in [0.25, 0.3) is 0 Å². The summed E-state index contributed by atoms with van der Waals surface area (Å²) in [5.41, 5.74) is 0.625. The van der Waals surface area contributed by atoms with Crippen LogP contribution in [0.3, 0.4) is 0 Å². The van der Waals surface area contributed by atoms with Gasteiger partial charge < -0.3 is 10.0 Å². The zero-order chi connectivity index (χ0) is 13.7. The van der Waals surface area contributed by atoms with Gasteiger partial charge in [-0.25, -0.2) is 4.39 Å². The number of carbonyl (C=O) groups is 2. The van der Waals surface area contributed by atoms with Crippen molar-refractivity contribution in [2.75, 3.05) is 13.6 Å². The number of hydrogen-bond acceptors (Lipinski definition) is 2. The van der Waals surface area contributed by atoms with Crippen molar-refractivity contribution in [1.29, 1.82) is 0 Å². The highest BCUT2D eigenvalue weighted by Gasteiger charge is 2.15. The van der Waals surface area contributed by atoms with Gasteiger partial charge in [0.1, 0.15) is 5.82 Å². The summed E-state index contributed by atoms with van der Waals surface area (Å²) in [6.07, 6.45) is 0.395. The average molecular weight is 253 g/mol. The molecule has 0 saturated heterocycles. The van der Waals surface area contributed by atoms with E-state index in [4.69, 9.17) is 5.11 Å². The van der Waals surface area contributed by atoms with Crippen molar-refractivity contribution in [3.63, 3.8) is 0 Å². The smallest absolute Gasteiger partial charge is 0.303 e. The molecular weight excluding hydrogens is 237 g/mol. The van der Waals surface area contributed by atoms with Gasteiger partial charge in [0.2, 0.25) is 0 Å². The molecule has 0 saturated carbocycles. The molecule has 1 aromatic rings. The predicted molar refractivity (Wildman–Crippen MR) is 65.0 cm³/mol. The summed E-state index contributed by atoms with van der Waals surface area (Å²) >= 11 is 0. The van der Waals surface area contributed by atoms with Gasteiger partial charge in [-0.1, -0.05) is 6.07 Å². The lowest BCUT2D eigenvalue weighted by atomic mass is 10.1. The van der Waals surface area contributed by atoms with Gasteiger partial charge in [-0.2, -0.15) is 0 Å². The van der Waals surface area contributed by atoms with E-state index in [0.717, 1.165) is 0 Å². The second-order valence-electron chi connectivity index (χ2n) is 4.14. The zero-order valence-corrected chi connectivity index (χ0v) is 10.4. The fourth-order valence-corrected chi connectivity index (χ4v) is 1.61. The lowest BCUT2D eigenvalue weighted by Gasteiger charge is -2.18. The third-order valence-corrected chi connectivity index (χ3v) is 2.73. The molecule has 0 spiro atoms. The van der Waals surface area contributed by atoms with Crippen LogP contribution in [0.5, 0.6) is 0 Å². The Morgan fingerprint density at radius 2 is 2.06 bits per heavy atom. The molecule has 0 aliphatic heterocycles. The van der Waals surface area contributed by atoms with Gasteiger partial charge in [-0.15, -0.1) is 0 Å². The van der Waals surface area contributed by atoms with Gasteiger partial charge in [0.25, 0.3) is 5.91 Å². The van der Waals surface area contributed by atoms with E-state index < -0.39 is 11.8 Å². The number of carboxylic acids is 1. The summed E-state index contributed by atoms with van der Waals surface area (Å²) in [7, 11) is 1.58. The van der Waals surface area contributed by atoms with Crippen LogP contribution in [-0.4, -0.2) is 35.5 Å². The first-order valence-corrected chi connectivity index (χ1v) is 5.66. The van der Waals surface area contributed by atoms with E-state index >= 15 is 0 Å². The molecule has 0 unspecified atom stereocenters. The first-order chi connectivity index (χ1) is 8.43. The zero-order valence-electron chi connectivity index (χ0n) is 10.4. The van der Waals surface area contributed by atoms with Crippen molar-refractivity contribution in [3.05, 3.63) is 35.1 Å². The molecule has 1 rings (SSSR count). The van der Waals surface area contributed by atoms with Crippen LogP contribution < -0.4 is 0 Å². The number of aliphatic carboxylic acids is 1. The Morgan fingerprint density at radius 3 is 2.67 bits per heavy atom. The van der Waals surface area contributed by atoms with Crippen molar-refractivity contribution in [2.24, 2.45) is 0 Å². The number of carboxylic acid groups (broad SMARTS) is 1. The second-order valence-corrected chi connectivity index (χ2v) is 4.14. The summed E-state index contributed by atoms with van der Waals surface area (Å²) in [5.74, 6) is -1.60. The molecule has 1 N–H and O–H groups in total. The van der Waals surface area contributed by atoms with Crippen LogP contribution in [0, 0.1) is 12.7 Å². The molecule has 0 aromatic heterocycles. The maximum atomic E-state index is 13.3. The Hall–Kier alpha value is -1.91. The fourth-order valence-electron chi connectivity index (χ4n) is 1.61. The lowest BCUT2D eigenvalue weighted by Crippen LogP contribution is -2.28. The molecule has 1 aromatic carbocycles. The number of hydrogen-bond donors (Lipinski definition) is 1. The largest absolute Gasteiger partial charge is 0.481 e. The number of amides is 1.